The van der Waals surface area contributed by atoms with Gasteiger partial charge in [-0.05, 0) is 79.9 Å². The zero-order valence-electron chi connectivity index (χ0n) is 26.9. The minimum atomic E-state index is -0.467. The lowest BCUT2D eigenvalue weighted by atomic mass is 9.55. The third-order valence-electron chi connectivity index (χ3n) is 10.6. The second kappa shape index (κ2) is 10.5. The molecule has 2 aliphatic carbocycles. The van der Waals surface area contributed by atoms with Gasteiger partial charge < -0.3 is 0 Å². The van der Waals surface area contributed by atoms with Gasteiger partial charge in [0.2, 0.25) is 0 Å². The molecule has 0 radical (unpaired) electrons. The predicted octanol–water partition coefficient (Wildman–Crippen LogP) is 11.0. The van der Waals surface area contributed by atoms with Crippen molar-refractivity contribution < 1.29 is 0 Å². The minimum Gasteiger partial charge on any atom is -0.248 e. The van der Waals surface area contributed by atoms with Crippen molar-refractivity contribution in [3.05, 3.63) is 197 Å². The van der Waals surface area contributed by atoms with E-state index in [0.29, 0.717) is 5.56 Å². The van der Waals surface area contributed by atoms with Gasteiger partial charge in [0.15, 0.2) is 0 Å². The molecule has 1 spiro atoms. The highest BCUT2D eigenvalue weighted by atomic mass is 14.7. The number of hydrogen-bond donors (Lipinski definition) is 0. The van der Waals surface area contributed by atoms with Crippen molar-refractivity contribution in [2.75, 3.05) is 0 Å². The first-order valence-electron chi connectivity index (χ1n) is 16.5. The van der Waals surface area contributed by atoms with Gasteiger partial charge in [0.05, 0.1) is 28.4 Å². The first-order chi connectivity index (χ1) is 23.5. The molecule has 0 fully saturated rings. The molecule has 2 heteroatoms. The highest BCUT2D eigenvalue weighted by Crippen LogP contribution is 2.63. The Kier molecular flexibility index (Phi) is 6.16. The van der Waals surface area contributed by atoms with Gasteiger partial charge in [-0.15, -0.1) is 0 Å². The lowest BCUT2D eigenvalue weighted by molar-refractivity contribution is 0.563. The van der Waals surface area contributed by atoms with E-state index in [1.54, 1.807) is 0 Å². The fourth-order valence-electron chi connectivity index (χ4n) is 8.48. The number of nitrogens with zero attached hydrogens (tertiary/aromatic N) is 2. The van der Waals surface area contributed by atoms with Crippen LogP contribution in [0.25, 0.3) is 44.8 Å². The molecule has 0 aliphatic heterocycles. The Balaban J connectivity index is 1.38. The van der Waals surface area contributed by atoms with Gasteiger partial charge in [0, 0.05) is 16.5 Å². The molecule has 2 aliphatic rings. The molecule has 0 bridgehead atoms. The average Bonchev–Trinajstić information content (AvgIpc) is 3.45. The highest BCUT2D eigenvalue weighted by molar-refractivity contribution is 5.96. The molecular weight excluding hydrogens is 581 g/mol. The molecule has 0 saturated heterocycles. The third kappa shape index (κ3) is 3.88. The van der Waals surface area contributed by atoms with E-state index in [0.717, 1.165) is 33.6 Å². The monoisotopic (exact) mass is 612 g/mol. The van der Waals surface area contributed by atoms with E-state index in [1.165, 1.54) is 44.5 Å². The summed E-state index contributed by atoms with van der Waals surface area (Å²) in [5, 5.41) is 9.70. The van der Waals surface area contributed by atoms with Crippen molar-refractivity contribution in [1.82, 2.24) is 4.98 Å². The molecule has 0 unspecified atom stereocenters. The standard InChI is InChI=1S/C46H32N2/c1-45(2)37-21-8-10-23-39(37)46(40-24-11-9-22-38(40)45)36-20-7-6-18-34(36)44-35(19-13-25-41(44)46)43-28-33(32-17-12-14-30(26-32)29-47)27-42(48-43)31-15-4-3-5-16-31/h3-28H,1-2H3. The van der Waals surface area contributed by atoms with Crippen LogP contribution in [0.3, 0.4) is 0 Å². The molecule has 48 heavy (non-hydrogen) atoms. The second-order valence-corrected chi connectivity index (χ2v) is 13.4. The van der Waals surface area contributed by atoms with Gasteiger partial charge in [-0.3, -0.25) is 0 Å². The average molecular weight is 613 g/mol. The quantitative estimate of drug-likeness (QED) is 0.199. The molecule has 0 saturated carbocycles. The Bertz CT molecular complexity index is 2390. The van der Waals surface area contributed by atoms with Crippen LogP contribution >= 0.6 is 0 Å². The Morgan fingerprint density at radius 2 is 1.00 bits per heavy atom. The fourth-order valence-corrected chi connectivity index (χ4v) is 8.48. The molecule has 1 aromatic heterocycles. The molecule has 6 aromatic carbocycles. The summed E-state index contributed by atoms with van der Waals surface area (Å²) in [5.41, 5.74) is 16.5. The summed E-state index contributed by atoms with van der Waals surface area (Å²) in [5.74, 6) is 0. The number of hydrogen-bond acceptors (Lipinski definition) is 2. The number of pyridine rings is 1. The van der Waals surface area contributed by atoms with Crippen molar-refractivity contribution in [2.45, 2.75) is 24.7 Å². The summed E-state index contributed by atoms with van der Waals surface area (Å²) in [6.07, 6.45) is 0. The zero-order chi connectivity index (χ0) is 32.5. The maximum atomic E-state index is 9.70. The van der Waals surface area contributed by atoms with E-state index in [4.69, 9.17) is 4.98 Å². The number of nitriles is 1. The molecule has 0 N–H and O–H groups in total. The van der Waals surface area contributed by atoms with Crippen LogP contribution in [0.1, 0.15) is 52.8 Å². The van der Waals surface area contributed by atoms with Crippen molar-refractivity contribution in [1.29, 1.82) is 5.26 Å². The first kappa shape index (κ1) is 28.2. The Labute approximate surface area is 281 Å². The van der Waals surface area contributed by atoms with E-state index >= 15 is 0 Å². The van der Waals surface area contributed by atoms with E-state index in [2.05, 4.69) is 153 Å². The molecular formula is C46H32N2. The fraction of sp³-hybridized carbons (Fsp3) is 0.0870. The van der Waals surface area contributed by atoms with Crippen LogP contribution in [0, 0.1) is 11.3 Å². The molecule has 1 heterocycles. The van der Waals surface area contributed by atoms with Crippen LogP contribution in [0.4, 0.5) is 0 Å². The lowest BCUT2D eigenvalue weighted by Crippen LogP contribution is -2.40. The van der Waals surface area contributed by atoms with E-state index in [-0.39, 0.29) is 5.41 Å². The summed E-state index contributed by atoms with van der Waals surface area (Å²) in [6, 6.07) is 58.7. The van der Waals surface area contributed by atoms with Crippen LogP contribution in [0.5, 0.6) is 0 Å². The van der Waals surface area contributed by atoms with Crippen LogP contribution < -0.4 is 0 Å². The van der Waals surface area contributed by atoms with Crippen LogP contribution in [0.2, 0.25) is 0 Å². The number of fused-ring (bicyclic) bond motifs is 9. The normalized spacial score (nSPS) is 14.4. The molecule has 0 amide bonds. The highest BCUT2D eigenvalue weighted by Gasteiger charge is 2.53. The minimum absolute atomic E-state index is 0.147. The Morgan fingerprint density at radius 3 is 1.71 bits per heavy atom. The largest absolute Gasteiger partial charge is 0.248 e. The molecule has 2 nitrogen and oxygen atoms in total. The maximum absolute atomic E-state index is 9.70. The zero-order valence-corrected chi connectivity index (χ0v) is 26.9. The van der Waals surface area contributed by atoms with Crippen LogP contribution in [-0.4, -0.2) is 4.98 Å². The Morgan fingerprint density at radius 1 is 0.458 bits per heavy atom. The molecule has 9 rings (SSSR count). The molecule has 7 aromatic rings. The van der Waals surface area contributed by atoms with Gasteiger partial charge >= 0.3 is 0 Å². The second-order valence-electron chi connectivity index (χ2n) is 13.4. The summed E-state index contributed by atoms with van der Waals surface area (Å²) < 4.78 is 0. The van der Waals surface area contributed by atoms with E-state index in [1.807, 2.05) is 24.3 Å². The van der Waals surface area contributed by atoms with Crippen molar-refractivity contribution in [3.63, 3.8) is 0 Å². The summed E-state index contributed by atoms with van der Waals surface area (Å²) in [4.78, 5) is 5.37. The third-order valence-corrected chi connectivity index (χ3v) is 10.6. The maximum Gasteiger partial charge on any atom is 0.0991 e. The Hall–Kier alpha value is -6.04. The van der Waals surface area contributed by atoms with Crippen LogP contribution in [-0.2, 0) is 10.8 Å². The first-order valence-corrected chi connectivity index (χ1v) is 16.5. The van der Waals surface area contributed by atoms with Crippen LogP contribution in [0.15, 0.2) is 158 Å². The van der Waals surface area contributed by atoms with Gasteiger partial charge in [0.25, 0.3) is 0 Å². The predicted molar refractivity (Wildman–Crippen MR) is 195 cm³/mol. The summed E-state index contributed by atoms with van der Waals surface area (Å²) >= 11 is 0. The van der Waals surface area contributed by atoms with Gasteiger partial charge in [-0.25, -0.2) is 4.98 Å². The van der Waals surface area contributed by atoms with E-state index < -0.39 is 5.41 Å². The van der Waals surface area contributed by atoms with Gasteiger partial charge in [-0.1, -0.05) is 147 Å². The van der Waals surface area contributed by atoms with Crippen molar-refractivity contribution >= 4 is 0 Å². The smallest absolute Gasteiger partial charge is 0.0991 e. The molecule has 0 atom stereocenters. The van der Waals surface area contributed by atoms with Gasteiger partial charge in [-0.2, -0.15) is 5.26 Å². The summed E-state index contributed by atoms with van der Waals surface area (Å²) in [7, 11) is 0. The molecule has 226 valence electrons. The summed E-state index contributed by atoms with van der Waals surface area (Å²) in [6.45, 7) is 4.72. The number of rotatable bonds is 3. The number of benzene rings is 6. The van der Waals surface area contributed by atoms with Crippen molar-refractivity contribution in [3.8, 4) is 50.8 Å². The SMILES string of the molecule is CC1(C)c2ccccc2C2(c3ccccc3-c3c(-c4cc(-c5cccc(C#N)c5)cc(-c5ccccc5)n4)cccc32)c2ccccc21. The van der Waals surface area contributed by atoms with Gasteiger partial charge in [0.1, 0.15) is 0 Å². The lowest BCUT2D eigenvalue weighted by Gasteiger charge is -2.46. The van der Waals surface area contributed by atoms with Crippen molar-refractivity contribution in [2.24, 2.45) is 0 Å². The topological polar surface area (TPSA) is 36.7 Å². The van der Waals surface area contributed by atoms with E-state index in [9.17, 15) is 5.26 Å². The number of aromatic nitrogens is 1.